The molecule has 1 unspecified atom stereocenters. The smallest absolute Gasteiger partial charge is 0.142 e. The van der Waals surface area contributed by atoms with Gasteiger partial charge in [-0.25, -0.2) is 0 Å². The quantitative estimate of drug-likeness (QED) is 0.931. The van der Waals surface area contributed by atoms with Gasteiger partial charge in [0.15, 0.2) is 0 Å². The molecule has 2 aromatic rings. The van der Waals surface area contributed by atoms with Crippen molar-refractivity contribution in [1.82, 2.24) is 0 Å². The Morgan fingerprint density at radius 1 is 1.40 bits per heavy atom. The van der Waals surface area contributed by atoms with Gasteiger partial charge < -0.3 is 14.6 Å². The maximum absolute atomic E-state index is 6.01. The van der Waals surface area contributed by atoms with Crippen molar-refractivity contribution in [3.05, 3.63) is 46.2 Å². The standard InChI is InChI=1S/C11H12BrNO2/c1-2-7-3-4-9(15-7)10(13)11-8(12)5-6-14-11/h3-6,10H,2,13H2,1H3. The topological polar surface area (TPSA) is 52.3 Å². The van der Waals surface area contributed by atoms with E-state index in [0.717, 1.165) is 22.4 Å². The summed E-state index contributed by atoms with van der Waals surface area (Å²) in [7, 11) is 0. The van der Waals surface area contributed by atoms with Gasteiger partial charge in [-0.2, -0.15) is 0 Å². The van der Waals surface area contributed by atoms with Crippen molar-refractivity contribution in [1.29, 1.82) is 0 Å². The molecule has 15 heavy (non-hydrogen) atoms. The summed E-state index contributed by atoms with van der Waals surface area (Å²) in [4.78, 5) is 0. The second-order valence-corrected chi connectivity index (χ2v) is 4.12. The molecule has 0 aliphatic carbocycles. The number of aryl methyl sites for hydroxylation is 1. The third-order valence-corrected chi connectivity index (χ3v) is 2.92. The van der Waals surface area contributed by atoms with Gasteiger partial charge in [0.25, 0.3) is 0 Å². The monoisotopic (exact) mass is 269 g/mol. The molecule has 0 aromatic carbocycles. The molecule has 2 N–H and O–H groups in total. The summed E-state index contributed by atoms with van der Waals surface area (Å²) in [6, 6.07) is 5.29. The summed E-state index contributed by atoms with van der Waals surface area (Å²) < 4.78 is 11.7. The lowest BCUT2D eigenvalue weighted by Crippen LogP contribution is -2.10. The molecule has 0 bridgehead atoms. The fraction of sp³-hybridized carbons (Fsp3) is 0.273. The molecule has 2 rings (SSSR count). The second-order valence-electron chi connectivity index (χ2n) is 3.27. The molecule has 80 valence electrons. The summed E-state index contributed by atoms with van der Waals surface area (Å²) in [6.07, 6.45) is 2.47. The fourth-order valence-electron chi connectivity index (χ4n) is 1.41. The van der Waals surface area contributed by atoms with E-state index in [-0.39, 0.29) is 6.04 Å². The van der Waals surface area contributed by atoms with Crippen LogP contribution in [-0.2, 0) is 6.42 Å². The fourth-order valence-corrected chi connectivity index (χ4v) is 1.86. The van der Waals surface area contributed by atoms with E-state index in [0.29, 0.717) is 5.76 Å². The van der Waals surface area contributed by atoms with Crippen LogP contribution < -0.4 is 5.73 Å². The van der Waals surface area contributed by atoms with E-state index in [1.54, 1.807) is 6.26 Å². The van der Waals surface area contributed by atoms with Crippen molar-refractivity contribution >= 4 is 15.9 Å². The van der Waals surface area contributed by atoms with Crippen molar-refractivity contribution in [3.63, 3.8) is 0 Å². The largest absolute Gasteiger partial charge is 0.466 e. The van der Waals surface area contributed by atoms with E-state index < -0.39 is 0 Å². The summed E-state index contributed by atoms with van der Waals surface area (Å²) in [6.45, 7) is 2.04. The minimum absolute atomic E-state index is 0.352. The Hall–Kier alpha value is -1.000. The highest BCUT2D eigenvalue weighted by Gasteiger charge is 2.18. The van der Waals surface area contributed by atoms with Crippen LogP contribution in [0.2, 0.25) is 0 Å². The highest BCUT2D eigenvalue weighted by molar-refractivity contribution is 9.10. The Balaban J connectivity index is 2.28. The van der Waals surface area contributed by atoms with Gasteiger partial charge in [-0.3, -0.25) is 0 Å². The van der Waals surface area contributed by atoms with Gasteiger partial charge >= 0.3 is 0 Å². The average molecular weight is 270 g/mol. The van der Waals surface area contributed by atoms with Crippen molar-refractivity contribution in [3.8, 4) is 0 Å². The lowest BCUT2D eigenvalue weighted by Gasteiger charge is -2.05. The maximum atomic E-state index is 6.01. The molecule has 1 atom stereocenters. The average Bonchev–Trinajstić information content (AvgIpc) is 2.84. The normalized spacial score (nSPS) is 13.0. The Kier molecular flexibility index (Phi) is 2.98. The first-order valence-electron chi connectivity index (χ1n) is 4.79. The van der Waals surface area contributed by atoms with Crippen LogP contribution >= 0.6 is 15.9 Å². The highest BCUT2D eigenvalue weighted by atomic mass is 79.9. The van der Waals surface area contributed by atoms with Gasteiger partial charge in [-0.15, -0.1) is 0 Å². The zero-order chi connectivity index (χ0) is 10.8. The van der Waals surface area contributed by atoms with Gasteiger partial charge in [0.2, 0.25) is 0 Å². The lowest BCUT2D eigenvalue weighted by molar-refractivity contribution is 0.413. The van der Waals surface area contributed by atoms with E-state index in [9.17, 15) is 0 Å². The second kappa shape index (κ2) is 4.24. The Bertz CT molecular complexity index is 447. The number of hydrogen-bond acceptors (Lipinski definition) is 3. The molecule has 4 heteroatoms. The van der Waals surface area contributed by atoms with Crippen LogP contribution in [0.5, 0.6) is 0 Å². The molecule has 0 amide bonds. The third-order valence-electron chi connectivity index (χ3n) is 2.26. The molecular formula is C11H12BrNO2. The zero-order valence-corrected chi connectivity index (χ0v) is 9.95. The van der Waals surface area contributed by atoms with E-state index in [1.165, 1.54) is 0 Å². The minimum atomic E-state index is -0.352. The van der Waals surface area contributed by atoms with Crippen LogP contribution in [0.25, 0.3) is 0 Å². The van der Waals surface area contributed by atoms with Crippen molar-refractivity contribution in [2.24, 2.45) is 5.73 Å². The van der Waals surface area contributed by atoms with Crippen molar-refractivity contribution < 1.29 is 8.83 Å². The molecule has 0 saturated carbocycles. The van der Waals surface area contributed by atoms with E-state index in [4.69, 9.17) is 14.6 Å². The zero-order valence-electron chi connectivity index (χ0n) is 8.37. The molecule has 2 heterocycles. The number of halogens is 1. The number of rotatable bonds is 3. The molecule has 0 radical (unpaired) electrons. The van der Waals surface area contributed by atoms with Crippen LogP contribution in [-0.4, -0.2) is 0 Å². The van der Waals surface area contributed by atoms with Gasteiger partial charge in [0.1, 0.15) is 23.3 Å². The first-order chi connectivity index (χ1) is 7.22. The van der Waals surface area contributed by atoms with E-state index >= 15 is 0 Å². The van der Waals surface area contributed by atoms with Gasteiger partial charge in [-0.05, 0) is 34.1 Å². The van der Waals surface area contributed by atoms with Crippen LogP contribution in [0, 0.1) is 0 Å². The maximum Gasteiger partial charge on any atom is 0.142 e. The van der Waals surface area contributed by atoms with E-state index in [1.807, 2.05) is 25.1 Å². The van der Waals surface area contributed by atoms with Gasteiger partial charge in [0.05, 0.1) is 10.7 Å². The van der Waals surface area contributed by atoms with E-state index in [2.05, 4.69) is 15.9 Å². The Morgan fingerprint density at radius 2 is 2.20 bits per heavy atom. The first kappa shape index (κ1) is 10.5. The van der Waals surface area contributed by atoms with Crippen LogP contribution in [0.1, 0.15) is 30.2 Å². The van der Waals surface area contributed by atoms with Crippen LogP contribution in [0.15, 0.2) is 37.8 Å². The first-order valence-corrected chi connectivity index (χ1v) is 5.58. The molecule has 3 nitrogen and oxygen atoms in total. The molecule has 0 aliphatic heterocycles. The Labute approximate surface area is 96.4 Å². The molecule has 0 fully saturated rings. The SMILES string of the molecule is CCc1ccc(C(N)c2occc2Br)o1. The lowest BCUT2D eigenvalue weighted by atomic mass is 10.2. The highest BCUT2D eigenvalue weighted by Crippen LogP contribution is 2.28. The minimum Gasteiger partial charge on any atom is -0.466 e. The van der Waals surface area contributed by atoms with Crippen LogP contribution in [0.3, 0.4) is 0 Å². The van der Waals surface area contributed by atoms with Gasteiger partial charge in [-0.1, -0.05) is 6.92 Å². The summed E-state index contributed by atoms with van der Waals surface area (Å²) in [5.41, 5.74) is 6.01. The summed E-state index contributed by atoms with van der Waals surface area (Å²) in [5, 5.41) is 0. The van der Waals surface area contributed by atoms with Crippen molar-refractivity contribution in [2.75, 3.05) is 0 Å². The number of nitrogens with two attached hydrogens (primary N) is 1. The molecule has 0 aliphatic rings. The predicted molar refractivity (Wildman–Crippen MR) is 60.5 cm³/mol. The predicted octanol–water partition coefficient (Wildman–Crippen LogP) is 3.25. The number of furan rings is 2. The summed E-state index contributed by atoms with van der Waals surface area (Å²) >= 11 is 3.37. The van der Waals surface area contributed by atoms with Crippen LogP contribution in [0.4, 0.5) is 0 Å². The van der Waals surface area contributed by atoms with Crippen molar-refractivity contribution in [2.45, 2.75) is 19.4 Å². The molecular weight excluding hydrogens is 258 g/mol. The molecule has 0 saturated heterocycles. The molecule has 2 aromatic heterocycles. The third kappa shape index (κ3) is 2.01. The summed E-state index contributed by atoms with van der Waals surface area (Å²) in [5.74, 6) is 2.35. The van der Waals surface area contributed by atoms with Gasteiger partial charge in [0, 0.05) is 6.42 Å². The number of hydrogen-bond donors (Lipinski definition) is 1. The Morgan fingerprint density at radius 3 is 2.73 bits per heavy atom. The molecule has 0 spiro atoms.